The van der Waals surface area contributed by atoms with Gasteiger partial charge >= 0.3 is 0 Å². The molecule has 0 aliphatic carbocycles. The summed E-state index contributed by atoms with van der Waals surface area (Å²) >= 11 is 0. The molecule has 0 radical (unpaired) electrons. The highest BCUT2D eigenvalue weighted by Crippen LogP contribution is 2.19. The van der Waals surface area contributed by atoms with Crippen LogP contribution in [0.1, 0.15) is 17.5 Å². The Morgan fingerprint density at radius 2 is 2.12 bits per heavy atom. The summed E-state index contributed by atoms with van der Waals surface area (Å²) in [7, 11) is 0. The van der Waals surface area contributed by atoms with E-state index >= 15 is 0 Å². The van der Waals surface area contributed by atoms with Crippen molar-refractivity contribution in [3.63, 3.8) is 0 Å². The van der Waals surface area contributed by atoms with Gasteiger partial charge < -0.3 is 19.9 Å². The first-order chi connectivity index (χ1) is 12.2. The summed E-state index contributed by atoms with van der Waals surface area (Å²) in [5.74, 6) is 0.642. The second-order valence-corrected chi connectivity index (χ2v) is 6.03. The van der Waals surface area contributed by atoms with E-state index in [9.17, 15) is 4.79 Å². The molecule has 0 unspecified atom stereocenters. The SMILES string of the molecule is O=C(Cc1cccnc1)N[C@@H]1COCC[C@H]1Oc1ccc(CO)cc1. The van der Waals surface area contributed by atoms with Crippen LogP contribution in [0.25, 0.3) is 0 Å². The Morgan fingerprint density at radius 1 is 1.28 bits per heavy atom. The number of hydrogen-bond donors (Lipinski definition) is 2. The average molecular weight is 342 g/mol. The minimum absolute atomic E-state index is 0.00454. The number of aromatic nitrogens is 1. The van der Waals surface area contributed by atoms with Gasteiger partial charge in [-0.15, -0.1) is 0 Å². The second-order valence-electron chi connectivity index (χ2n) is 6.03. The summed E-state index contributed by atoms with van der Waals surface area (Å²) in [4.78, 5) is 16.3. The van der Waals surface area contributed by atoms with Gasteiger partial charge in [-0.3, -0.25) is 9.78 Å². The third-order valence-electron chi connectivity index (χ3n) is 4.12. The second kappa shape index (κ2) is 8.60. The third kappa shape index (κ3) is 5.01. The molecule has 2 aromatic rings. The summed E-state index contributed by atoms with van der Waals surface area (Å²) in [6.07, 6.45) is 4.21. The molecule has 2 N–H and O–H groups in total. The van der Waals surface area contributed by atoms with Crippen LogP contribution in [0.3, 0.4) is 0 Å². The normalized spacial score (nSPS) is 20.0. The van der Waals surface area contributed by atoms with Crippen LogP contribution in [0.15, 0.2) is 48.8 Å². The van der Waals surface area contributed by atoms with Crippen molar-refractivity contribution >= 4 is 5.91 Å². The Labute approximate surface area is 146 Å². The lowest BCUT2D eigenvalue weighted by Crippen LogP contribution is -2.52. The molecule has 1 aromatic heterocycles. The maximum atomic E-state index is 12.3. The van der Waals surface area contributed by atoms with Crippen LogP contribution < -0.4 is 10.1 Å². The summed E-state index contributed by atoms with van der Waals surface area (Å²) in [5, 5.41) is 12.1. The van der Waals surface area contributed by atoms with E-state index in [-0.39, 0.29) is 31.1 Å². The smallest absolute Gasteiger partial charge is 0.224 e. The van der Waals surface area contributed by atoms with Gasteiger partial charge in [0.2, 0.25) is 5.91 Å². The first kappa shape index (κ1) is 17.4. The molecule has 1 aromatic carbocycles. The predicted molar refractivity (Wildman–Crippen MR) is 92.1 cm³/mol. The molecule has 2 atom stereocenters. The molecule has 1 amide bonds. The van der Waals surface area contributed by atoms with Crippen molar-refractivity contribution in [1.82, 2.24) is 10.3 Å². The van der Waals surface area contributed by atoms with E-state index in [0.717, 1.165) is 16.9 Å². The molecule has 25 heavy (non-hydrogen) atoms. The lowest BCUT2D eigenvalue weighted by molar-refractivity contribution is -0.123. The van der Waals surface area contributed by atoms with Gasteiger partial charge in [0.25, 0.3) is 0 Å². The highest BCUT2D eigenvalue weighted by Gasteiger charge is 2.29. The number of pyridine rings is 1. The van der Waals surface area contributed by atoms with Crippen molar-refractivity contribution < 1.29 is 19.4 Å². The van der Waals surface area contributed by atoms with Gasteiger partial charge in [-0.05, 0) is 29.3 Å². The van der Waals surface area contributed by atoms with Crippen molar-refractivity contribution in [3.05, 3.63) is 59.9 Å². The zero-order chi connectivity index (χ0) is 17.5. The van der Waals surface area contributed by atoms with E-state index in [0.29, 0.717) is 19.6 Å². The molecule has 1 fully saturated rings. The molecule has 1 saturated heterocycles. The van der Waals surface area contributed by atoms with E-state index in [4.69, 9.17) is 14.6 Å². The van der Waals surface area contributed by atoms with Gasteiger partial charge in [0.05, 0.1) is 32.3 Å². The molecule has 0 bridgehead atoms. The number of benzene rings is 1. The topological polar surface area (TPSA) is 80.7 Å². The number of ether oxygens (including phenoxy) is 2. The minimum Gasteiger partial charge on any atom is -0.488 e. The lowest BCUT2D eigenvalue weighted by atomic mass is 10.1. The van der Waals surface area contributed by atoms with Crippen LogP contribution in [-0.4, -0.2) is 41.4 Å². The van der Waals surface area contributed by atoms with Crippen LogP contribution in [-0.2, 0) is 22.6 Å². The summed E-state index contributed by atoms with van der Waals surface area (Å²) in [6.45, 7) is 1.04. The van der Waals surface area contributed by atoms with Gasteiger partial charge in [-0.2, -0.15) is 0 Å². The maximum absolute atomic E-state index is 12.3. The molecular weight excluding hydrogens is 320 g/mol. The van der Waals surface area contributed by atoms with Crippen LogP contribution in [0, 0.1) is 0 Å². The average Bonchev–Trinajstić information content (AvgIpc) is 2.65. The minimum atomic E-state index is -0.199. The summed E-state index contributed by atoms with van der Waals surface area (Å²) in [5.41, 5.74) is 1.70. The van der Waals surface area contributed by atoms with Gasteiger partial charge in [-0.1, -0.05) is 18.2 Å². The molecule has 6 nitrogen and oxygen atoms in total. The maximum Gasteiger partial charge on any atom is 0.224 e. The Hall–Kier alpha value is -2.44. The van der Waals surface area contributed by atoms with E-state index in [1.807, 2.05) is 36.4 Å². The number of amides is 1. The third-order valence-corrected chi connectivity index (χ3v) is 4.12. The van der Waals surface area contributed by atoms with E-state index < -0.39 is 0 Å². The Kier molecular flexibility index (Phi) is 5.98. The number of carbonyl (C=O) groups is 1. The van der Waals surface area contributed by atoms with Crippen molar-refractivity contribution in [2.45, 2.75) is 31.6 Å². The predicted octanol–water partition coefficient (Wildman–Crippen LogP) is 1.47. The fourth-order valence-corrected chi connectivity index (χ4v) is 2.79. The Balaban J connectivity index is 1.59. The zero-order valence-corrected chi connectivity index (χ0v) is 13.9. The molecule has 6 heteroatoms. The molecule has 1 aliphatic rings. The fraction of sp³-hybridized carbons (Fsp3) is 0.368. The summed E-state index contributed by atoms with van der Waals surface area (Å²) < 4.78 is 11.5. The van der Waals surface area contributed by atoms with Gasteiger partial charge in [0, 0.05) is 18.8 Å². The van der Waals surface area contributed by atoms with Crippen LogP contribution in [0.5, 0.6) is 5.75 Å². The first-order valence-electron chi connectivity index (χ1n) is 8.37. The molecule has 132 valence electrons. The molecule has 2 heterocycles. The van der Waals surface area contributed by atoms with Crippen LogP contribution in [0.2, 0.25) is 0 Å². The molecule has 0 saturated carbocycles. The van der Waals surface area contributed by atoms with Crippen LogP contribution in [0.4, 0.5) is 0 Å². The highest BCUT2D eigenvalue weighted by molar-refractivity contribution is 5.78. The number of carbonyl (C=O) groups excluding carboxylic acids is 1. The largest absolute Gasteiger partial charge is 0.488 e. The number of rotatable bonds is 6. The standard InChI is InChI=1S/C19H22N2O4/c22-12-14-3-5-16(6-4-14)25-18-7-9-24-13-17(18)21-19(23)10-15-2-1-8-20-11-15/h1-6,8,11,17-18,22H,7,9-10,12-13H2,(H,21,23)/t17-,18-/m1/s1. The Bertz CT molecular complexity index is 676. The number of nitrogens with one attached hydrogen (secondary N) is 1. The van der Waals surface area contributed by atoms with Crippen molar-refractivity contribution in [3.8, 4) is 5.75 Å². The van der Waals surface area contributed by atoms with Gasteiger partial charge in [0.15, 0.2) is 0 Å². The molecule has 3 rings (SSSR count). The monoisotopic (exact) mass is 342 g/mol. The molecular formula is C19H22N2O4. The number of aliphatic hydroxyl groups is 1. The number of nitrogens with zero attached hydrogens (tertiary/aromatic N) is 1. The van der Waals surface area contributed by atoms with Crippen molar-refractivity contribution in [2.24, 2.45) is 0 Å². The van der Waals surface area contributed by atoms with Gasteiger partial charge in [-0.25, -0.2) is 0 Å². The highest BCUT2D eigenvalue weighted by atomic mass is 16.5. The Morgan fingerprint density at radius 3 is 2.84 bits per heavy atom. The first-order valence-corrected chi connectivity index (χ1v) is 8.37. The lowest BCUT2D eigenvalue weighted by Gasteiger charge is -2.32. The van der Waals surface area contributed by atoms with Crippen LogP contribution >= 0.6 is 0 Å². The fourth-order valence-electron chi connectivity index (χ4n) is 2.79. The quantitative estimate of drug-likeness (QED) is 0.831. The van der Waals surface area contributed by atoms with E-state index in [1.165, 1.54) is 0 Å². The van der Waals surface area contributed by atoms with E-state index in [1.54, 1.807) is 12.4 Å². The van der Waals surface area contributed by atoms with Crippen molar-refractivity contribution in [2.75, 3.05) is 13.2 Å². The summed E-state index contributed by atoms with van der Waals surface area (Å²) in [6, 6.07) is 10.8. The number of aliphatic hydroxyl groups excluding tert-OH is 1. The number of hydrogen-bond acceptors (Lipinski definition) is 5. The molecule has 1 aliphatic heterocycles. The van der Waals surface area contributed by atoms with Crippen molar-refractivity contribution in [1.29, 1.82) is 0 Å². The molecule has 0 spiro atoms. The van der Waals surface area contributed by atoms with Gasteiger partial charge in [0.1, 0.15) is 11.9 Å². The van der Waals surface area contributed by atoms with E-state index in [2.05, 4.69) is 10.3 Å². The zero-order valence-electron chi connectivity index (χ0n) is 13.9.